The number of ether oxygens (including phenoxy) is 1. The zero-order valence-electron chi connectivity index (χ0n) is 16.7. The molecule has 0 saturated carbocycles. The van der Waals surface area contributed by atoms with Crippen LogP contribution in [0.2, 0.25) is 0 Å². The highest BCUT2D eigenvalue weighted by Crippen LogP contribution is 2.23. The SMILES string of the molecule is CC(C)(C)c1ccc(S(=O)(=O)NCC(=O)N2CCC(N3C(=O)COC3=O)C2)cc1. The van der Waals surface area contributed by atoms with Gasteiger partial charge in [0.1, 0.15) is 0 Å². The summed E-state index contributed by atoms with van der Waals surface area (Å²) in [5, 5.41) is 0. The van der Waals surface area contributed by atoms with Gasteiger partial charge in [-0.25, -0.2) is 22.8 Å². The maximum absolute atomic E-state index is 12.5. The van der Waals surface area contributed by atoms with Crippen molar-refractivity contribution in [3.8, 4) is 0 Å². The number of amides is 3. The monoisotopic (exact) mass is 423 g/mol. The maximum Gasteiger partial charge on any atom is 0.417 e. The summed E-state index contributed by atoms with van der Waals surface area (Å²) in [6, 6.07) is 6.11. The molecule has 1 aromatic rings. The molecule has 0 aliphatic carbocycles. The van der Waals surface area contributed by atoms with Crippen molar-refractivity contribution < 1.29 is 27.5 Å². The number of hydrogen-bond donors (Lipinski definition) is 1. The summed E-state index contributed by atoms with van der Waals surface area (Å²) in [5.74, 6) is -0.837. The smallest absolute Gasteiger partial charge is 0.417 e. The first-order valence-corrected chi connectivity index (χ1v) is 10.8. The lowest BCUT2D eigenvalue weighted by Gasteiger charge is -2.21. The number of rotatable bonds is 5. The van der Waals surface area contributed by atoms with E-state index < -0.39 is 40.5 Å². The molecular formula is C19H25N3O6S. The van der Waals surface area contributed by atoms with E-state index in [4.69, 9.17) is 4.74 Å². The zero-order chi connectivity index (χ0) is 21.4. The molecule has 2 aliphatic heterocycles. The lowest BCUT2D eigenvalue weighted by molar-refractivity contribution is -0.130. The molecule has 0 radical (unpaired) electrons. The van der Waals surface area contributed by atoms with E-state index in [0.29, 0.717) is 13.0 Å². The first-order chi connectivity index (χ1) is 13.5. The fraction of sp³-hybridized carbons (Fsp3) is 0.526. The molecule has 1 unspecified atom stereocenters. The lowest BCUT2D eigenvalue weighted by Crippen LogP contribution is -2.43. The normalized spacial score (nSPS) is 20.3. The quantitative estimate of drug-likeness (QED) is 0.751. The van der Waals surface area contributed by atoms with Crippen molar-refractivity contribution in [3.05, 3.63) is 29.8 Å². The Labute approximate surface area is 170 Å². The second-order valence-electron chi connectivity index (χ2n) is 8.20. The van der Waals surface area contributed by atoms with Crippen LogP contribution in [0.5, 0.6) is 0 Å². The molecule has 1 atom stereocenters. The van der Waals surface area contributed by atoms with E-state index in [0.717, 1.165) is 10.5 Å². The summed E-state index contributed by atoms with van der Waals surface area (Å²) < 4.78 is 32.0. The van der Waals surface area contributed by atoms with Crippen LogP contribution in [0.15, 0.2) is 29.2 Å². The molecule has 3 amide bonds. The number of likely N-dealkylation sites (tertiary alicyclic amines) is 1. The number of nitrogens with zero attached hydrogens (tertiary/aromatic N) is 2. The van der Waals surface area contributed by atoms with Crippen molar-refractivity contribution in [2.45, 2.75) is 43.5 Å². The number of carbonyl (C=O) groups excluding carboxylic acids is 3. The molecule has 0 bridgehead atoms. The summed E-state index contributed by atoms with van der Waals surface area (Å²) in [4.78, 5) is 38.3. The second-order valence-corrected chi connectivity index (χ2v) is 9.97. The highest BCUT2D eigenvalue weighted by atomic mass is 32.2. The number of carbonyl (C=O) groups is 3. The van der Waals surface area contributed by atoms with Gasteiger partial charge in [0.15, 0.2) is 6.61 Å². The van der Waals surface area contributed by atoms with Crippen LogP contribution in [-0.4, -0.2) is 68.4 Å². The van der Waals surface area contributed by atoms with E-state index in [-0.39, 0.29) is 23.5 Å². The average molecular weight is 423 g/mol. The van der Waals surface area contributed by atoms with Crippen LogP contribution >= 0.6 is 0 Å². The van der Waals surface area contributed by atoms with Gasteiger partial charge in [0.05, 0.1) is 17.5 Å². The number of benzene rings is 1. The lowest BCUT2D eigenvalue weighted by atomic mass is 9.87. The van der Waals surface area contributed by atoms with Gasteiger partial charge < -0.3 is 9.64 Å². The molecule has 2 saturated heterocycles. The van der Waals surface area contributed by atoms with Gasteiger partial charge in [-0.05, 0) is 29.5 Å². The molecular weight excluding hydrogens is 398 g/mol. The first-order valence-electron chi connectivity index (χ1n) is 9.36. The van der Waals surface area contributed by atoms with Crippen molar-refractivity contribution in [1.82, 2.24) is 14.5 Å². The van der Waals surface area contributed by atoms with Crippen molar-refractivity contribution in [2.24, 2.45) is 0 Å². The molecule has 1 N–H and O–H groups in total. The van der Waals surface area contributed by atoms with E-state index in [1.807, 2.05) is 20.8 Å². The van der Waals surface area contributed by atoms with Crippen LogP contribution < -0.4 is 4.72 Å². The largest absolute Gasteiger partial charge is 0.439 e. The van der Waals surface area contributed by atoms with Crippen LogP contribution in [0.3, 0.4) is 0 Å². The van der Waals surface area contributed by atoms with Gasteiger partial charge in [0, 0.05) is 13.1 Å². The third kappa shape index (κ3) is 4.59. The minimum atomic E-state index is -3.83. The molecule has 2 fully saturated rings. The molecule has 158 valence electrons. The van der Waals surface area contributed by atoms with Crippen molar-refractivity contribution in [2.75, 3.05) is 26.2 Å². The van der Waals surface area contributed by atoms with Gasteiger partial charge in [0.2, 0.25) is 15.9 Å². The standard InChI is InChI=1S/C19H25N3O6S/c1-19(2,3)13-4-6-15(7-5-13)29(26,27)20-10-16(23)21-9-8-14(11-21)22-17(24)12-28-18(22)25/h4-7,14,20H,8-12H2,1-3H3. The topological polar surface area (TPSA) is 113 Å². The minimum Gasteiger partial charge on any atom is -0.439 e. The van der Waals surface area contributed by atoms with Crippen LogP contribution in [0, 0.1) is 0 Å². The Morgan fingerprint density at radius 3 is 2.41 bits per heavy atom. The van der Waals surface area contributed by atoms with Crippen LogP contribution in [0.1, 0.15) is 32.8 Å². The van der Waals surface area contributed by atoms with Crippen LogP contribution in [-0.2, 0) is 29.8 Å². The minimum absolute atomic E-state index is 0.0861. The van der Waals surface area contributed by atoms with Crippen LogP contribution in [0.25, 0.3) is 0 Å². The molecule has 0 spiro atoms. The van der Waals surface area contributed by atoms with Gasteiger partial charge in [0.25, 0.3) is 5.91 Å². The van der Waals surface area contributed by atoms with E-state index in [1.165, 1.54) is 17.0 Å². The molecule has 1 aromatic carbocycles. The number of hydrogen-bond acceptors (Lipinski definition) is 6. The Hall–Kier alpha value is -2.46. The highest BCUT2D eigenvalue weighted by molar-refractivity contribution is 7.89. The van der Waals surface area contributed by atoms with Crippen molar-refractivity contribution in [3.63, 3.8) is 0 Å². The van der Waals surface area contributed by atoms with Gasteiger partial charge in [-0.3, -0.25) is 9.59 Å². The Kier molecular flexibility index (Phi) is 5.68. The highest BCUT2D eigenvalue weighted by Gasteiger charge is 2.41. The van der Waals surface area contributed by atoms with Gasteiger partial charge in [-0.1, -0.05) is 32.9 Å². The van der Waals surface area contributed by atoms with E-state index in [9.17, 15) is 22.8 Å². The molecule has 0 aromatic heterocycles. The Morgan fingerprint density at radius 1 is 1.21 bits per heavy atom. The summed E-state index contributed by atoms with van der Waals surface area (Å²) in [7, 11) is -3.83. The van der Waals surface area contributed by atoms with Crippen LogP contribution in [0.4, 0.5) is 4.79 Å². The summed E-state index contributed by atoms with van der Waals surface area (Å²) in [6.07, 6.45) is -0.262. The predicted molar refractivity (Wildman–Crippen MR) is 104 cm³/mol. The Balaban J connectivity index is 1.57. The van der Waals surface area contributed by atoms with Crippen molar-refractivity contribution >= 4 is 27.9 Å². The van der Waals surface area contributed by atoms with E-state index in [1.54, 1.807) is 12.1 Å². The second kappa shape index (κ2) is 7.75. The Bertz CT molecular complexity index is 904. The van der Waals surface area contributed by atoms with Gasteiger partial charge in [-0.2, -0.15) is 0 Å². The zero-order valence-corrected chi connectivity index (χ0v) is 17.5. The molecule has 10 heteroatoms. The van der Waals surface area contributed by atoms with E-state index in [2.05, 4.69) is 4.72 Å². The van der Waals surface area contributed by atoms with E-state index >= 15 is 0 Å². The summed E-state index contributed by atoms with van der Waals surface area (Å²) in [5.41, 5.74) is 0.909. The van der Waals surface area contributed by atoms with Gasteiger partial charge in [-0.15, -0.1) is 0 Å². The predicted octanol–water partition coefficient (Wildman–Crippen LogP) is 0.842. The third-order valence-corrected chi connectivity index (χ3v) is 6.53. The maximum atomic E-state index is 12.5. The number of nitrogens with one attached hydrogen (secondary N) is 1. The fourth-order valence-electron chi connectivity index (χ4n) is 3.38. The molecule has 29 heavy (non-hydrogen) atoms. The molecule has 3 rings (SSSR count). The first kappa shape index (κ1) is 21.3. The Morgan fingerprint density at radius 2 is 1.86 bits per heavy atom. The molecule has 2 heterocycles. The summed E-state index contributed by atoms with van der Waals surface area (Å²) >= 11 is 0. The summed E-state index contributed by atoms with van der Waals surface area (Å²) in [6.45, 7) is 5.93. The molecule has 2 aliphatic rings. The van der Waals surface area contributed by atoms with Crippen molar-refractivity contribution in [1.29, 1.82) is 0 Å². The fourth-order valence-corrected chi connectivity index (χ4v) is 4.36. The number of sulfonamides is 1. The van der Waals surface area contributed by atoms with Gasteiger partial charge >= 0.3 is 6.09 Å². The number of cyclic esters (lactones) is 1. The number of imide groups is 1. The average Bonchev–Trinajstić information content (AvgIpc) is 3.25. The third-order valence-electron chi connectivity index (χ3n) is 5.11. The molecule has 9 nitrogen and oxygen atoms in total.